The van der Waals surface area contributed by atoms with Crippen LogP contribution in [0.1, 0.15) is 20.8 Å². The SMILES string of the molecule is O=C(O)c1sccc1CS(=O)(=O)Cc1ccccc1. The summed E-state index contributed by atoms with van der Waals surface area (Å²) in [6.07, 6.45) is 0. The predicted molar refractivity (Wildman–Crippen MR) is 74.0 cm³/mol. The van der Waals surface area contributed by atoms with Crippen LogP contribution in [0.5, 0.6) is 0 Å². The smallest absolute Gasteiger partial charge is 0.346 e. The Labute approximate surface area is 115 Å². The Hall–Kier alpha value is -1.66. The maximum Gasteiger partial charge on any atom is 0.346 e. The Morgan fingerprint density at radius 3 is 2.42 bits per heavy atom. The molecule has 0 aliphatic rings. The second-order valence-electron chi connectivity index (χ2n) is 4.10. The van der Waals surface area contributed by atoms with Crippen molar-refractivity contribution in [1.82, 2.24) is 0 Å². The van der Waals surface area contributed by atoms with Gasteiger partial charge in [-0.25, -0.2) is 13.2 Å². The molecule has 0 aliphatic heterocycles. The minimum absolute atomic E-state index is 0.0806. The van der Waals surface area contributed by atoms with Crippen molar-refractivity contribution in [2.45, 2.75) is 11.5 Å². The molecule has 2 aromatic rings. The van der Waals surface area contributed by atoms with Gasteiger partial charge in [-0.2, -0.15) is 0 Å². The van der Waals surface area contributed by atoms with Gasteiger partial charge in [0.15, 0.2) is 9.84 Å². The average Bonchev–Trinajstić information content (AvgIpc) is 2.77. The largest absolute Gasteiger partial charge is 0.477 e. The molecule has 0 amide bonds. The molecule has 0 fully saturated rings. The minimum atomic E-state index is -3.37. The van der Waals surface area contributed by atoms with Gasteiger partial charge < -0.3 is 5.11 Å². The van der Waals surface area contributed by atoms with Crippen molar-refractivity contribution in [1.29, 1.82) is 0 Å². The molecule has 1 N–H and O–H groups in total. The third kappa shape index (κ3) is 3.65. The van der Waals surface area contributed by atoms with E-state index >= 15 is 0 Å². The van der Waals surface area contributed by atoms with Crippen molar-refractivity contribution in [2.24, 2.45) is 0 Å². The van der Waals surface area contributed by atoms with Gasteiger partial charge in [0.25, 0.3) is 0 Å². The molecule has 4 nitrogen and oxygen atoms in total. The van der Waals surface area contributed by atoms with Crippen LogP contribution in [0.2, 0.25) is 0 Å². The van der Waals surface area contributed by atoms with Crippen molar-refractivity contribution >= 4 is 27.1 Å². The van der Waals surface area contributed by atoms with E-state index in [0.717, 1.165) is 11.3 Å². The molecule has 19 heavy (non-hydrogen) atoms. The molecule has 0 unspecified atom stereocenters. The predicted octanol–water partition coefficient (Wildman–Crippen LogP) is 2.56. The number of carboxylic acids is 1. The first kappa shape index (κ1) is 13.8. The van der Waals surface area contributed by atoms with Crippen LogP contribution >= 0.6 is 11.3 Å². The molecule has 0 aliphatic carbocycles. The Kier molecular flexibility index (Phi) is 4.01. The van der Waals surface area contributed by atoms with E-state index in [4.69, 9.17) is 5.11 Å². The summed E-state index contributed by atoms with van der Waals surface area (Å²) in [5, 5.41) is 10.6. The molecule has 1 heterocycles. The zero-order valence-electron chi connectivity index (χ0n) is 9.94. The summed E-state index contributed by atoms with van der Waals surface area (Å²) < 4.78 is 24.1. The lowest BCUT2D eigenvalue weighted by Crippen LogP contribution is -2.09. The first-order valence-electron chi connectivity index (χ1n) is 5.52. The molecule has 1 aromatic heterocycles. The standard InChI is InChI=1S/C13H12O4S2/c14-13(15)12-11(6-7-18-12)9-19(16,17)8-10-4-2-1-3-5-10/h1-7H,8-9H2,(H,14,15). The van der Waals surface area contributed by atoms with E-state index in [1.165, 1.54) is 0 Å². The zero-order valence-corrected chi connectivity index (χ0v) is 11.6. The summed E-state index contributed by atoms with van der Waals surface area (Å²) in [4.78, 5) is 11.0. The quantitative estimate of drug-likeness (QED) is 0.920. The van der Waals surface area contributed by atoms with Crippen molar-refractivity contribution < 1.29 is 18.3 Å². The molecule has 1 aromatic carbocycles. The normalized spacial score (nSPS) is 11.4. The lowest BCUT2D eigenvalue weighted by Gasteiger charge is -2.04. The van der Waals surface area contributed by atoms with Crippen molar-refractivity contribution in [3.05, 3.63) is 57.8 Å². The fourth-order valence-corrected chi connectivity index (χ4v) is 4.12. The van der Waals surface area contributed by atoms with Gasteiger partial charge in [-0.15, -0.1) is 11.3 Å². The summed E-state index contributed by atoms with van der Waals surface area (Å²) in [6.45, 7) is 0. The highest BCUT2D eigenvalue weighted by atomic mass is 32.2. The van der Waals surface area contributed by atoms with Gasteiger partial charge in [0.1, 0.15) is 4.88 Å². The number of rotatable bonds is 5. The van der Waals surface area contributed by atoms with E-state index < -0.39 is 15.8 Å². The Morgan fingerprint density at radius 2 is 1.79 bits per heavy atom. The van der Waals surface area contributed by atoms with Crippen LogP contribution in [0.4, 0.5) is 0 Å². The van der Waals surface area contributed by atoms with Crippen molar-refractivity contribution in [2.75, 3.05) is 0 Å². The van der Waals surface area contributed by atoms with Gasteiger partial charge in [0.05, 0.1) is 11.5 Å². The number of hydrogen-bond donors (Lipinski definition) is 1. The first-order chi connectivity index (χ1) is 8.98. The summed E-state index contributed by atoms with van der Waals surface area (Å²) in [7, 11) is -3.37. The summed E-state index contributed by atoms with van der Waals surface area (Å²) in [5.74, 6) is -1.41. The highest BCUT2D eigenvalue weighted by molar-refractivity contribution is 7.89. The molecule has 0 saturated carbocycles. The maximum atomic E-state index is 12.1. The molecular weight excluding hydrogens is 284 g/mol. The lowest BCUT2D eigenvalue weighted by atomic mass is 10.2. The Bertz CT molecular complexity index is 672. The van der Waals surface area contributed by atoms with E-state index in [9.17, 15) is 13.2 Å². The van der Waals surface area contributed by atoms with Gasteiger partial charge in [-0.1, -0.05) is 30.3 Å². The van der Waals surface area contributed by atoms with Crippen LogP contribution in [0.3, 0.4) is 0 Å². The van der Waals surface area contributed by atoms with Crippen LogP contribution in [-0.4, -0.2) is 19.5 Å². The van der Waals surface area contributed by atoms with Crippen LogP contribution < -0.4 is 0 Å². The van der Waals surface area contributed by atoms with Crippen molar-refractivity contribution in [3.8, 4) is 0 Å². The second kappa shape index (κ2) is 5.54. The number of thiophene rings is 1. The Balaban J connectivity index is 2.18. The summed E-state index contributed by atoms with van der Waals surface area (Å²) in [6, 6.07) is 10.4. The zero-order chi connectivity index (χ0) is 13.9. The Morgan fingerprint density at radius 1 is 1.11 bits per heavy atom. The number of hydrogen-bond acceptors (Lipinski definition) is 4. The highest BCUT2D eigenvalue weighted by Gasteiger charge is 2.19. The number of carbonyl (C=O) groups is 1. The van der Waals surface area contributed by atoms with Gasteiger partial charge in [0.2, 0.25) is 0 Å². The topological polar surface area (TPSA) is 71.4 Å². The molecule has 0 radical (unpaired) electrons. The molecule has 2 rings (SSSR count). The van der Waals surface area contributed by atoms with Crippen LogP contribution in [-0.2, 0) is 21.3 Å². The van der Waals surface area contributed by atoms with Crippen LogP contribution in [0, 0.1) is 0 Å². The van der Waals surface area contributed by atoms with Gasteiger partial charge in [-0.3, -0.25) is 0 Å². The fourth-order valence-electron chi connectivity index (χ4n) is 1.75. The molecule has 6 heteroatoms. The molecule has 0 atom stereocenters. The molecule has 0 saturated heterocycles. The molecule has 0 bridgehead atoms. The van der Waals surface area contributed by atoms with Crippen LogP contribution in [0.25, 0.3) is 0 Å². The van der Waals surface area contributed by atoms with Gasteiger partial charge in [-0.05, 0) is 22.6 Å². The van der Waals surface area contributed by atoms with Crippen LogP contribution in [0.15, 0.2) is 41.8 Å². The van der Waals surface area contributed by atoms with E-state index in [1.54, 1.807) is 35.7 Å². The first-order valence-corrected chi connectivity index (χ1v) is 8.22. The summed E-state index contributed by atoms with van der Waals surface area (Å²) >= 11 is 1.04. The lowest BCUT2D eigenvalue weighted by molar-refractivity contribution is 0.0701. The monoisotopic (exact) mass is 296 g/mol. The number of sulfone groups is 1. The van der Waals surface area contributed by atoms with E-state index in [-0.39, 0.29) is 16.4 Å². The van der Waals surface area contributed by atoms with Crippen molar-refractivity contribution in [3.63, 3.8) is 0 Å². The maximum absolute atomic E-state index is 12.1. The third-order valence-corrected chi connectivity index (χ3v) is 5.01. The summed E-state index contributed by atoms with van der Waals surface area (Å²) in [5.41, 5.74) is 1.06. The minimum Gasteiger partial charge on any atom is -0.477 e. The molecular formula is C13H12O4S2. The average molecular weight is 296 g/mol. The van der Waals surface area contributed by atoms with Gasteiger partial charge in [0, 0.05) is 0 Å². The van der Waals surface area contributed by atoms with E-state index in [2.05, 4.69) is 0 Å². The van der Waals surface area contributed by atoms with E-state index in [1.807, 2.05) is 6.07 Å². The fraction of sp³-hybridized carbons (Fsp3) is 0.154. The number of aromatic carboxylic acids is 1. The second-order valence-corrected chi connectivity index (χ2v) is 7.08. The highest BCUT2D eigenvalue weighted by Crippen LogP contribution is 2.21. The molecule has 0 spiro atoms. The van der Waals surface area contributed by atoms with Gasteiger partial charge >= 0.3 is 5.97 Å². The number of carboxylic acid groups (broad SMARTS) is 1. The third-order valence-electron chi connectivity index (χ3n) is 2.55. The molecule has 100 valence electrons. The van der Waals surface area contributed by atoms with E-state index in [0.29, 0.717) is 11.1 Å². The number of benzene rings is 1.